The van der Waals surface area contributed by atoms with Crippen LogP contribution in [0.3, 0.4) is 0 Å². The van der Waals surface area contributed by atoms with Crippen LogP contribution >= 0.6 is 0 Å². The highest BCUT2D eigenvalue weighted by Gasteiger charge is 2.08. The van der Waals surface area contributed by atoms with Crippen LogP contribution in [0.4, 0.5) is 5.69 Å². The number of azo groups is 1. The number of benzene rings is 1. The predicted molar refractivity (Wildman–Crippen MR) is 68.3 cm³/mol. The van der Waals surface area contributed by atoms with Crippen LogP contribution in [0.1, 0.15) is 19.4 Å². The monoisotopic (exact) mass is 263 g/mol. The maximum Gasteiger partial charge on any atom is 0.269 e. The van der Waals surface area contributed by atoms with E-state index in [1.807, 2.05) is 0 Å². The molecule has 0 aromatic heterocycles. The summed E-state index contributed by atoms with van der Waals surface area (Å²) in [6, 6.07) is 5.00. The lowest BCUT2D eigenvalue weighted by atomic mass is 10.2. The van der Waals surface area contributed by atoms with Crippen LogP contribution in [0.25, 0.3) is 6.08 Å². The summed E-state index contributed by atoms with van der Waals surface area (Å²) in [4.78, 5) is 21.1. The van der Waals surface area contributed by atoms with Gasteiger partial charge < -0.3 is 5.21 Å². The molecule has 0 heterocycles. The number of nitro benzene ring substituents is 1. The molecular weight excluding hydrogens is 250 g/mol. The molecule has 0 aliphatic heterocycles. The number of rotatable bonds is 5. The van der Waals surface area contributed by atoms with E-state index in [9.17, 15) is 20.1 Å². The largest absolute Gasteiger partial charge is 0.595 e. The van der Waals surface area contributed by atoms with E-state index in [1.165, 1.54) is 44.2 Å². The molecule has 0 bridgehead atoms. The van der Waals surface area contributed by atoms with Crippen molar-refractivity contribution in [1.82, 2.24) is 0 Å². The van der Waals surface area contributed by atoms with Gasteiger partial charge in [-0.25, -0.2) is 0 Å². The summed E-state index contributed by atoms with van der Waals surface area (Å²) in [5.41, 5.74) is 0.600. The third-order valence-electron chi connectivity index (χ3n) is 2.37. The van der Waals surface area contributed by atoms with Crippen LogP contribution in [0, 0.1) is 15.3 Å². The fraction of sp³-hybridized carbons (Fsp3) is 0.250. The molecule has 100 valence electrons. The molecule has 7 nitrogen and oxygen atoms in total. The number of carbonyl (C=O) groups is 1. The number of Topliss-reactive ketones (excluding diaryl/α,β-unsaturated/α-hetero) is 1. The molecule has 7 heteroatoms. The van der Waals surface area contributed by atoms with Gasteiger partial charge in [0.1, 0.15) is 0 Å². The molecule has 0 spiro atoms. The minimum Gasteiger partial charge on any atom is -0.595 e. The Hall–Kier alpha value is -2.57. The van der Waals surface area contributed by atoms with Gasteiger partial charge in [0.25, 0.3) is 5.69 Å². The van der Waals surface area contributed by atoms with Crippen LogP contribution in [-0.2, 0) is 4.79 Å². The third-order valence-corrected chi connectivity index (χ3v) is 2.37. The fourth-order valence-corrected chi connectivity index (χ4v) is 1.15. The first-order valence-corrected chi connectivity index (χ1v) is 5.50. The molecule has 1 atom stereocenters. The molecular formula is C12H13N3O4. The van der Waals surface area contributed by atoms with Crippen molar-refractivity contribution in [2.45, 2.75) is 19.9 Å². The van der Waals surface area contributed by atoms with E-state index in [4.69, 9.17) is 0 Å². The first-order valence-electron chi connectivity index (χ1n) is 5.50. The lowest BCUT2D eigenvalue weighted by Crippen LogP contribution is -2.12. The van der Waals surface area contributed by atoms with Crippen LogP contribution in [0.15, 0.2) is 35.6 Å². The van der Waals surface area contributed by atoms with Gasteiger partial charge in [0, 0.05) is 18.2 Å². The Morgan fingerprint density at radius 3 is 2.37 bits per heavy atom. The fourth-order valence-electron chi connectivity index (χ4n) is 1.15. The van der Waals surface area contributed by atoms with E-state index >= 15 is 0 Å². The Bertz CT molecular complexity index is 534. The first-order chi connectivity index (χ1) is 8.90. The van der Waals surface area contributed by atoms with Crippen LogP contribution in [0.2, 0.25) is 0 Å². The average Bonchev–Trinajstić information content (AvgIpc) is 2.36. The quantitative estimate of drug-likeness (QED) is 0.352. The van der Waals surface area contributed by atoms with Gasteiger partial charge in [0.2, 0.25) is 6.20 Å². The van der Waals surface area contributed by atoms with Crippen molar-refractivity contribution in [3.8, 4) is 0 Å². The number of carbonyl (C=O) groups excluding carboxylic acids is 1. The summed E-state index contributed by atoms with van der Waals surface area (Å²) in [7, 11) is 0. The molecule has 1 aromatic carbocycles. The zero-order chi connectivity index (χ0) is 14.4. The predicted octanol–water partition coefficient (Wildman–Crippen LogP) is 2.51. The Morgan fingerprint density at radius 1 is 1.32 bits per heavy atom. The van der Waals surface area contributed by atoms with Crippen molar-refractivity contribution in [2.75, 3.05) is 0 Å². The minimum atomic E-state index is -0.695. The highest BCUT2D eigenvalue weighted by Crippen LogP contribution is 2.12. The molecule has 19 heavy (non-hydrogen) atoms. The van der Waals surface area contributed by atoms with Gasteiger partial charge in [-0.3, -0.25) is 14.9 Å². The molecule has 0 aliphatic rings. The van der Waals surface area contributed by atoms with Crippen LogP contribution < -0.4 is 0 Å². The SMILES string of the molecule is CC(=O)[C@H](C)N=[N+]([O-])/C=C/c1ccc([N+](=O)[O-])cc1. The second-order valence-corrected chi connectivity index (χ2v) is 3.87. The van der Waals surface area contributed by atoms with E-state index in [-0.39, 0.29) is 11.5 Å². The number of nitrogens with zero attached hydrogens (tertiary/aromatic N) is 3. The maximum atomic E-state index is 11.3. The highest BCUT2D eigenvalue weighted by molar-refractivity contribution is 5.80. The maximum absolute atomic E-state index is 11.3. The van der Waals surface area contributed by atoms with Gasteiger partial charge in [0.05, 0.1) is 4.92 Å². The Morgan fingerprint density at radius 2 is 1.89 bits per heavy atom. The Kier molecular flexibility index (Phi) is 4.87. The molecule has 0 saturated heterocycles. The van der Waals surface area contributed by atoms with Crippen molar-refractivity contribution in [3.05, 3.63) is 51.4 Å². The van der Waals surface area contributed by atoms with Gasteiger partial charge in [-0.1, -0.05) is 4.86 Å². The summed E-state index contributed by atoms with van der Waals surface area (Å²) < 4.78 is 0. The number of ketones is 1. The number of hydroxylamine groups is 1. The Labute approximate surface area is 109 Å². The van der Waals surface area contributed by atoms with Crippen molar-refractivity contribution in [1.29, 1.82) is 0 Å². The lowest BCUT2D eigenvalue weighted by Gasteiger charge is -1.98. The van der Waals surface area contributed by atoms with E-state index in [0.717, 1.165) is 6.20 Å². The van der Waals surface area contributed by atoms with Crippen molar-refractivity contribution in [2.24, 2.45) is 5.11 Å². The topological polar surface area (TPSA) is 98.6 Å². The highest BCUT2D eigenvalue weighted by atomic mass is 16.6. The molecule has 0 fully saturated rings. The zero-order valence-electron chi connectivity index (χ0n) is 10.5. The second-order valence-electron chi connectivity index (χ2n) is 3.87. The molecule has 0 N–H and O–H groups in total. The van der Waals surface area contributed by atoms with Gasteiger partial charge in [0.15, 0.2) is 11.8 Å². The molecule has 0 unspecified atom stereocenters. The van der Waals surface area contributed by atoms with Gasteiger partial charge in [-0.15, -0.1) is 0 Å². The average molecular weight is 263 g/mol. The minimum absolute atomic E-state index is 0.0222. The smallest absolute Gasteiger partial charge is 0.269 e. The third kappa shape index (κ3) is 4.66. The first kappa shape index (κ1) is 14.5. The molecule has 1 aromatic rings. The van der Waals surface area contributed by atoms with Crippen LogP contribution in [-0.4, -0.2) is 21.6 Å². The van der Waals surface area contributed by atoms with Crippen molar-refractivity contribution < 1.29 is 14.6 Å². The number of nitro groups is 1. The van der Waals surface area contributed by atoms with Gasteiger partial charge in [-0.2, -0.15) is 0 Å². The number of hydrogen-bond donors (Lipinski definition) is 0. The number of non-ortho nitro benzene ring substituents is 1. The Balaban J connectivity index is 2.76. The number of hydrogen-bond acceptors (Lipinski definition) is 5. The van der Waals surface area contributed by atoms with Gasteiger partial charge in [-0.05, 0) is 36.7 Å². The van der Waals surface area contributed by atoms with E-state index in [1.54, 1.807) is 0 Å². The van der Waals surface area contributed by atoms with E-state index in [2.05, 4.69) is 5.11 Å². The standard InChI is InChI=1S/C12H13N3O4/c1-9(10(2)16)13-14(17)8-7-11-3-5-12(6-4-11)15(18)19/h3-9H,1-2H3/b8-7+,14-13?/t9-/m0/s1. The van der Waals surface area contributed by atoms with E-state index in [0.29, 0.717) is 10.4 Å². The second kappa shape index (κ2) is 6.39. The van der Waals surface area contributed by atoms with E-state index < -0.39 is 11.0 Å². The molecule has 0 radical (unpaired) electrons. The molecule has 0 aliphatic carbocycles. The zero-order valence-corrected chi connectivity index (χ0v) is 10.5. The van der Waals surface area contributed by atoms with Gasteiger partial charge >= 0.3 is 0 Å². The lowest BCUT2D eigenvalue weighted by molar-refractivity contribution is -0.459. The summed E-state index contributed by atoms with van der Waals surface area (Å²) >= 11 is 0. The van der Waals surface area contributed by atoms with Crippen molar-refractivity contribution >= 4 is 17.5 Å². The summed E-state index contributed by atoms with van der Waals surface area (Å²) in [5, 5.41) is 25.3. The molecule has 0 saturated carbocycles. The summed E-state index contributed by atoms with van der Waals surface area (Å²) in [6.07, 6.45) is 2.59. The molecule has 0 amide bonds. The summed E-state index contributed by atoms with van der Waals surface area (Å²) in [6.45, 7) is 2.87. The summed E-state index contributed by atoms with van der Waals surface area (Å²) in [5.74, 6) is -0.204. The van der Waals surface area contributed by atoms with Crippen molar-refractivity contribution in [3.63, 3.8) is 0 Å². The van der Waals surface area contributed by atoms with Crippen LogP contribution in [0.5, 0.6) is 0 Å². The molecule has 1 rings (SSSR count). The normalized spacial score (nSPS) is 13.5.